The zero-order valence-corrected chi connectivity index (χ0v) is 34.9. The van der Waals surface area contributed by atoms with Crippen molar-refractivity contribution in [1.82, 2.24) is 0 Å². The van der Waals surface area contributed by atoms with Crippen molar-refractivity contribution in [2.45, 2.75) is 5.41 Å². The summed E-state index contributed by atoms with van der Waals surface area (Å²) in [6, 6.07) is 88.4. The van der Waals surface area contributed by atoms with E-state index in [9.17, 15) is 0 Å². The van der Waals surface area contributed by atoms with Crippen LogP contribution in [0.1, 0.15) is 22.3 Å². The number of furan rings is 1. The number of hydrogen-bond donors (Lipinski definition) is 0. The van der Waals surface area contributed by atoms with Crippen molar-refractivity contribution in [1.29, 1.82) is 0 Å². The topological polar surface area (TPSA) is 19.6 Å². The minimum Gasteiger partial charge on any atom is -0.455 e. The van der Waals surface area contributed by atoms with Gasteiger partial charge >= 0.3 is 0 Å². The molecule has 2 aliphatic rings. The Balaban J connectivity index is 1.08. The van der Waals surface area contributed by atoms with E-state index in [1.807, 2.05) is 6.07 Å². The molecule has 1 aromatic heterocycles. The van der Waals surface area contributed by atoms with Crippen LogP contribution in [0.15, 0.2) is 247 Å². The quantitative estimate of drug-likeness (QED) is 0.173. The van der Waals surface area contributed by atoms with Crippen LogP contribution >= 0.6 is 0 Å². The zero-order valence-electron chi connectivity index (χ0n) is 34.9. The van der Waals surface area contributed by atoms with E-state index in [2.05, 4.69) is 246 Å². The Bertz CT molecular complexity index is 3450. The van der Waals surface area contributed by atoms with Crippen LogP contribution in [0, 0.1) is 0 Å². The Morgan fingerprint density at radius 1 is 0.297 bits per heavy atom. The van der Waals surface area contributed by atoms with Crippen molar-refractivity contribution < 1.29 is 4.42 Å². The van der Waals surface area contributed by atoms with Crippen LogP contribution in [0.5, 0.6) is 0 Å². The van der Waals surface area contributed by atoms with Crippen LogP contribution in [0.4, 0.5) is 34.1 Å². The zero-order chi connectivity index (χ0) is 42.2. The van der Waals surface area contributed by atoms with Gasteiger partial charge in [0.25, 0.3) is 0 Å². The molecule has 1 spiro atoms. The largest absolute Gasteiger partial charge is 0.455 e. The van der Waals surface area contributed by atoms with Crippen molar-refractivity contribution in [2.24, 2.45) is 0 Å². The minimum absolute atomic E-state index is 0.697. The molecule has 0 aliphatic carbocycles. The number of nitrogens with zero attached hydrogens (tertiary/aromatic N) is 2. The molecule has 0 saturated carbocycles. The monoisotopic (exact) mass is 816 g/mol. The normalized spacial score (nSPS) is 13.4. The summed E-state index contributed by atoms with van der Waals surface area (Å²) in [6.45, 7) is 0. The van der Waals surface area contributed by atoms with Crippen molar-refractivity contribution in [3.63, 3.8) is 0 Å². The highest BCUT2D eigenvalue weighted by molar-refractivity contribution is 6.10. The fourth-order valence-electron chi connectivity index (χ4n) is 10.7. The van der Waals surface area contributed by atoms with Gasteiger partial charge in [-0.15, -0.1) is 0 Å². The van der Waals surface area contributed by atoms with Gasteiger partial charge in [0, 0.05) is 27.7 Å². The smallest absolute Gasteiger partial charge is 0.143 e. The number of para-hydroxylation sites is 5. The van der Waals surface area contributed by atoms with Gasteiger partial charge in [-0.05, 0) is 111 Å². The third kappa shape index (κ3) is 5.34. The molecule has 64 heavy (non-hydrogen) atoms. The molecule has 0 radical (unpaired) electrons. The summed E-state index contributed by atoms with van der Waals surface area (Å²) >= 11 is 0. The first-order valence-electron chi connectivity index (χ1n) is 22.0. The summed E-state index contributed by atoms with van der Waals surface area (Å²) in [5.74, 6) is 0. The van der Waals surface area contributed by atoms with E-state index < -0.39 is 5.41 Å². The summed E-state index contributed by atoms with van der Waals surface area (Å²) in [7, 11) is 0. The molecule has 3 heteroatoms. The summed E-state index contributed by atoms with van der Waals surface area (Å²) in [5.41, 5.74) is 19.8. The molecule has 0 amide bonds. The fraction of sp³-hybridized carbons (Fsp3) is 0.0164. The number of rotatable bonds is 5. The lowest BCUT2D eigenvalue weighted by Crippen LogP contribution is -2.42. The van der Waals surface area contributed by atoms with Gasteiger partial charge in [-0.1, -0.05) is 182 Å². The average molecular weight is 817 g/mol. The van der Waals surface area contributed by atoms with Gasteiger partial charge < -0.3 is 14.2 Å². The van der Waals surface area contributed by atoms with Crippen LogP contribution in [0.25, 0.3) is 55.3 Å². The van der Waals surface area contributed by atoms with Crippen molar-refractivity contribution in [3.05, 3.63) is 265 Å². The second-order valence-electron chi connectivity index (χ2n) is 16.8. The first-order chi connectivity index (χ1) is 31.8. The molecule has 0 atom stereocenters. The second-order valence-corrected chi connectivity index (χ2v) is 16.8. The summed E-state index contributed by atoms with van der Waals surface area (Å²) < 4.78 is 6.71. The van der Waals surface area contributed by atoms with Crippen LogP contribution in [-0.4, -0.2) is 0 Å². The number of hydrogen-bond acceptors (Lipinski definition) is 3. The van der Waals surface area contributed by atoms with Gasteiger partial charge in [0.2, 0.25) is 0 Å². The van der Waals surface area contributed by atoms with Gasteiger partial charge in [-0.2, -0.15) is 0 Å². The maximum atomic E-state index is 6.71. The van der Waals surface area contributed by atoms with E-state index in [0.717, 1.165) is 67.2 Å². The first-order valence-corrected chi connectivity index (χ1v) is 22.0. The summed E-state index contributed by atoms with van der Waals surface area (Å²) in [4.78, 5) is 4.93. The number of benzene rings is 10. The molecule has 13 rings (SSSR count). The average Bonchev–Trinajstić information content (AvgIpc) is 3.76. The molecule has 10 aromatic carbocycles. The number of anilines is 6. The molecule has 3 nitrogen and oxygen atoms in total. The molecule has 2 aliphatic heterocycles. The molecular weight excluding hydrogens is 777 g/mol. The van der Waals surface area contributed by atoms with Gasteiger partial charge in [0.05, 0.1) is 28.2 Å². The van der Waals surface area contributed by atoms with Gasteiger partial charge in [-0.25, -0.2) is 0 Å². The SMILES string of the molecule is c1ccc(-c2ccc(N3c4ccccc4C4(c5ccccc53)c3ccccc3N(c3ccc(-c5ccccc5)cc3)c3ccc(-c5cccc6c5oc5ccccc56)cc34)cc2)cc1. The Morgan fingerprint density at radius 2 is 0.719 bits per heavy atom. The Kier molecular flexibility index (Phi) is 8.13. The third-order valence-corrected chi connectivity index (χ3v) is 13.5. The van der Waals surface area contributed by atoms with Crippen LogP contribution in [-0.2, 0) is 5.41 Å². The van der Waals surface area contributed by atoms with Gasteiger partial charge in [0.1, 0.15) is 11.2 Å². The predicted molar refractivity (Wildman–Crippen MR) is 265 cm³/mol. The Morgan fingerprint density at radius 3 is 1.27 bits per heavy atom. The summed E-state index contributed by atoms with van der Waals surface area (Å²) in [6.07, 6.45) is 0. The standard InChI is InChI=1S/C61H40N2O/c1-3-16-41(17-4-1)43-30-35-46(36-31-43)62-55-26-11-8-23-51(55)61(52-24-9-12-27-56(52)62)53-25-10-13-28-57(53)63(47-37-32-44(33-38-47)42-18-5-2-6-19-42)58-39-34-45(40-54(58)61)48-21-15-22-50-49-20-7-14-29-59(49)64-60(48)50/h1-40H. The van der Waals surface area contributed by atoms with E-state index in [-0.39, 0.29) is 0 Å². The van der Waals surface area contributed by atoms with Crippen LogP contribution in [0.3, 0.4) is 0 Å². The maximum absolute atomic E-state index is 6.71. The molecule has 0 fully saturated rings. The predicted octanol–water partition coefficient (Wildman–Crippen LogP) is 16.5. The highest BCUT2D eigenvalue weighted by atomic mass is 16.3. The second kappa shape index (κ2) is 14.3. The molecule has 300 valence electrons. The molecule has 0 saturated heterocycles. The van der Waals surface area contributed by atoms with Crippen molar-refractivity contribution in [2.75, 3.05) is 9.80 Å². The summed E-state index contributed by atoms with van der Waals surface area (Å²) in [5, 5.41) is 2.24. The highest BCUT2D eigenvalue weighted by Gasteiger charge is 2.52. The van der Waals surface area contributed by atoms with E-state index >= 15 is 0 Å². The molecule has 0 N–H and O–H groups in total. The maximum Gasteiger partial charge on any atom is 0.143 e. The lowest BCUT2D eigenvalue weighted by Gasteiger charge is -2.51. The third-order valence-electron chi connectivity index (χ3n) is 13.5. The van der Waals surface area contributed by atoms with Crippen LogP contribution in [0.2, 0.25) is 0 Å². The first kappa shape index (κ1) is 36.3. The van der Waals surface area contributed by atoms with Crippen molar-refractivity contribution >= 4 is 56.1 Å². The molecule has 0 unspecified atom stereocenters. The fourth-order valence-corrected chi connectivity index (χ4v) is 10.7. The number of fused-ring (bicyclic) bond motifs is 11. The molecule has 3 heterocycles. The minimum atomic E-state index is -0.697. The van der Waals surface area contributed by atoms with E-state index in [1.54, 1.807) is 0 Å². The van der Waals surface area contributed by atoms with Crippen LogP contribution < -0.4 is 9.80 Å². The lowest BCUT2D eigenvalue weighted by molar-refractivity contribution is 0.670. The van der Waals surface area contributed by atoms with Gasteiger partial charge in [0.15, 0.2) is 0 Å². The Labute approximate surface area is 372 Å². The Hall–Kier alpha value is -8.40. The van der Waals surface area contributed by atoms with Crippen molar-refractivity contribution in [3.8, 4) is 33.4 Å². The highest BCUT2D eigenvalue weighted by Crippen LogP contribution is 2.64. The van der Waals surface area contributed by atoms with E-state index in [4.69, 9.17) is 4.42 Å². The van der Waals surface area contributed by atoms with Gasteiger partial charge in [-0.3, -0.25) is 0 Å². The molecule has 0 bridgehead atoms. The van der Waals surface area contributed by atoms with E-state index in [0.29, 0.717) is 0 Å². The molecule has 11 aromatic rings. The lowest BCUT2D eigenvalue weighted by atomic mass is 9.60. The molecular formula is C61H40N2O. The van der Waals surface area contributed by atoms with E-state index in [1.165, 1.54) is 44.5 Å².